The predicted molar refractivity (Wildman–Crippen MR) is 83.9 cm³/mol. The van der Waals surface area contributed by atoms with Crippen LogP contribution in [0.3, 0.4) is 0 Å². The lowest BCUT2D eigenvalue weighted by atomic mass is 10.1. The Labute approximate surface area is 132 Å². The molecule has 1 aromatic heterocycles. The van der Waals surface area contributed by atoms with Crippen molar-refractivity contribution in [3.05, 3.63) is 54.0 Å². The molecule has 2 aromatic rings. The monoisotopic (exact) mass is 315 g/mol. The molecule has 23 heavy (non-hydrogen) atoms. The van der Waals surface area contributed by atoms with Gasteiger partial charge in [0.1, 0.15) is 0 Å². The minimum absolute atomic E-state index is 0.200. The number of furan rings is 1. The topological polar surface area (TPSA) is 114 Å². The third-order valence-corrected chi connectivity index (χ3v) is 3.08. The first kappa shape index (κ1) is 16.3. The van der Waals surface area contributed by atoms with Gasteiger partial charge in [-0.3, -0.25) is 14.4 Å². The third-order valence-electron chi connectivity index (χ3n) is 3.08. The van der Waals surface area contributed by atoms with Gasteiger partial charge in [0.05, 0.1) is 17.5 Å². The van der Waals surface area contributed by atoms with Crippen LogP contribution < -0.4 is 16.4 Å². The Kier molecular flexibility index (Phi) is 5.51. The first-order valence-electron chi connectivity index (χ1n) is 7.08. The molecule has 0 atom stereocenters. The van der Waals surface area contributed by atoms with E-state index in [4.69, 9.17) is 10.2 Å². The predicted octanol–water partition coefficient (Wildman–Crippen LogP) is 1.53. The van der Waals surface area contributed by atoms with Gasteiger partial charge in [-0.05, 0) is 30.7 Å². The van der Waals surface area contributed by atoms with E-state index in [9.17, 15) is 14.4 Å². The molecule has 0 aliphatic rings. The molecule has 0 spiro atoms. The molecule has 7 heteroatoms. The number of benzene rings is 1. The number of anilines is 1. The van der Waals surface area contributed by atoms with Crippen molar-refractivity contribution in [2.45, 2.75) is 12.8 Å². The van der Waals surface area contributed by atoms with Crippen LogP contribution in [0, 0.1) is 0 Å². The SMILES string of the molecule is NC(=O)c1ccccc1NC(=O)CCCNC(=O)c1ccco1. The number of primary amides is 1. The second-order valence-corrected chi connectivity index (χ2v) is 4.79. The minimum Gasteiger partial charge on any atom is -0.459 e. The van der Waals surface area contributed by atoms with Gasteiger partial charge >= 0.3 is 0 Å². The van der Waals surface area contributed by atoms with E-state index in [1.807, 2.05) is 0 Å². The van der Waals surface area contributed by atoms with Crippen LogP contribution in [0.4, 0.5) is 5.69 Å². The number of carbonyl (C=O) groups excluding carboxylic acids is 3. The van der Waals surface area contributed by atoms with Crippen LogP contribution in [0.15, 0.2) is 47.1 Å². The van der Waals surface area contributed by atoms with E-state index in [1.54, 1.807) is 36.4 Å². The zero-order valence-electron chi connectivity index (χ0n) is 12.4. The van der Waals surface area contributed by atoms with Crippen molar-refractivity contribution >= 4 is 23.4 Å². The number of rotatable bonds is 7. The summed E-state index contributed by atoms with van der Waals surface area (Å²) >= 11 is 0. The van der Waals surface area contributed by atoms with E-state index in [0.29, 0.717) is 18.7 Å². The molecule has 0 aliphatic carbocycles. The van der Waals surface area contributed by atoms with Gasteiger partial charge in [-0.2, -0.15) is 0 Å². The van der Waals surface area contributed by atoms with Gasteiger partial charge < -0.3 is 20.8 Å². The summed E-state index contributed by atoms with van der Waals surface area (Å²) in [4.78, 5) is 34.7. The fourth-order valence-corrected chi connectivity index (χ4v) is 1.97. The molecule has 0 saturated carbocycles. The molecule has 0 saturated heterocycles. The smallest absolute Gasteiger partial charge is 0.286 e. The van der Waals surface area contributed by atoms with E-state index >= 15 is 0 Å². The summed E-state index contributed by atoms with van der Waals surface area (Å²) in [6, 6.07) is 9.70. The lowest BCUT2D eigenvalue weighted by Gasteiger charge is -2.09. The molecule has 4 N–H and O–H groups in total. The van der Waals surface area contributed by atoms with Crippen molar-refractivity contribution in [1.82, 2.24) is 5.32 Å². The average molecular weight is 315 g/mol. The Bertz CT molecular complexity index is 695. The van der Waals surface area contributed by atoms with Crippen LogP contribution in [0.25, 0.3) is 0 Å². The zero-order valence-corrected chi connectivity index (χ0v) is 12.4. The average Bonchev–Trinajstić information content (AvgIpc) is 3.06. The van der Waals surface area contributed by atoms with Crippen LogP contribution in [0.1, 0.15) is 33.8 Å². The Balaban J connectivity index is 1.76. The van der Waals surface area contributed by atoms with E-state index < -0.39 is 5.91 Å². The Morgan fingerprint density at radius 1 is 1.09 bits per heavy atom. The number of nitrogens with two attached hydrogens (primary N) is 1. The number of hydrogen-bond donors (Lipinski definition) is 3. The third kappa shape index (κ3) is 4.70. The lowest BCUT2D eigenvalue weighted by molar-refractivity contribution is -0.116. The quantitative estimate of drug-likeness (QED) is 0.672. The highest BCUT2D eigenvalue weighted by Gasteiger charge is 2.11. The van der Waals surface area contributed by atoms with Crippen LogP contribution in [0.5, 0.6) is 0 Å². The molecule has 0 unspecified atom stereocenters. The number of hydrogen-bond acceptors (Lipinski definition) is 4. The zero-order chi connectivity index (χ0) is 16.7. The maximum absolute atomic E-state index is 11.9. The van der Waals surface area contributed by atoms with E-state index in [0.717, 1.165) is 0 Å². The fourth-order valence-electron chi connectivity index (χ4n) is 1.97. The number of para-hydroxylation sites is 1. The highest BCUT2D eigenvalue weighted by Crippen LogP contribution is 2.14. The van der Waals surface area contributed by atoms with Crippen LogP contribution in [-0.4, -0.2) is 24.3 Å². The van der Waals surface area contributed by atoms with Gasteiger partial charge in [0.15, 0.2) is 5.76 Å². The largest absolute Gasteiger partial charge is 0.459 e. The summed E-state index contributed by atoms with van der Waals surface area (Å²) in [5.41, 5.74) is 5.88. The molecule has 7 nitrogen and oxygen atoms in total. The van der Waals surface area contributed by atoms with Crippen molar-refractivity contribution in [2.24, 2.45) is 5.73 Å². The second-order valence-electron chi connectivity index (χ2n) is 4.79. The van der Waals surface area contributed by atoms with Crippen LogP contribution >= 0.6 is 0 Å². The highest BCUT2D eigenvalue weighted by molar-refractivity contribution is 6.02. The van der Waals surface area contributed by atoms with Gasteiger partial charge in [0.25, 0.3) is 11.8 Å². The molecule has 1 heterocycles. The lowest BCUT2D eigenvalue weighted by Crippen LogP contribution is -2.25. The summed E-state index contributed by atoms with van der Waals surface area (Å²) < 4.78 is 4.95. The molecule has 0 fully saturated rings. The maximum Gasteiger partial charge on any atom is 0.286 e. The van der Waals surface area contributed by atoms with Crippen molar-refractivity contribution in [2.75, 3.05) is 11.9 Å². The van der Waals surface area contributed by atoms with Crippen molar-refractivity contribution in [3.8, 4) is 0 Å². The molecule has 3 amide bonds. The molecule has 1 aromatic carbocycles. The van der Waals surface area contributed by atoms with Crippen LogP contribution in [0.2, 0.25) is 0 Å². The second kappa shape index (κ2) is 7.79. The summed E-state index contributed by atoms with van der Waals surface area (Å²) in [7, 11) is 0. The van der Waals surface area contributed by atoms with Gasteiger partial charge in [-0.15, -0.1) is 0 Å². The van der Waals surface area contributed by atoms with Crippen molar-refractivity contribution in [1.29, 1.82) is 0 Å². The summed E-state index contributed by atoms with van der Waals surface area (Å²) in [6.45, 7) is 0.338. The first-order valence-corrected chi connectivity index (χ1v) is 7.08. The molecule has 0 radical (unpaired) electrons. The maximum atomic E-state index is 11.9. The molecule has 2 rings (SSSR count). The van der Waals surface area contributed by atoms with Gasteiger partial charge in [0, 0.05) is 13.0 Å². The summed E-state index contributed by atoms with van der Waals surface area (Å²) in [5, 5.41) is 5.28. The standard InChI is InChI=1S/C16H17N3O4/c17-15(21)11-5-1-2-6-12(11)19-14(20)8-3-9-18-16(22)13-7-4-10-23-13/h1-2,4-7,10H,3,8-9H2,(H2,17,21)(H,18,22)(H,19,20). The van der Waals surface area contributed by atoms with Gasteiger partial charge in [0.2, 0.25) is 5.91 Å². The van der Waals surface area contributed by atoms with Gasteiger partial charge in [-0.25, -0.2) is 0 Å². The molecule has 0 bridgehead atoms. The number of amides is 3. The van der Waals surface area contributed by atoms with E-state index in [-0.39, 0.29) is 29.6 Å². The molecule has 120 valence electrons. The summed E-state index contributed by atoms with van der Waals surface area (Å²) in [5.74, 6) is -0.961. The molecular formula is C16H17N3O4. The van der Waals surface area contributed by atoms with Crippen molar-refractivity contribution in [3.63, 3.8) is 0 Å². The minimum atomic E-state index is -0.605. The van der Waals surface area contributed by atoms with Gasteiger partial charge in [-0.1, -0.05) is 12.1 Å². The molecular weight excluding hydrogens is 298 g/mol. The Morgan fingerprint density at radius 2 is 1.87 bits per heavy atom. The number of carbonyl (C=O) groups is 3. The van der Waals surface area contributed by atoms with Crippen molar-refractivity contribution < 1.29 is 18.8 Å². The Hall–Kier alpha value is -3.09. The van der Waals surface area contributed by atoms with Crippen LogP contribution in [-0.2, 0) is 4.79 Å². The Morgan fingerprint density at radius 3 is 2.57 bits per heavy atom. The first-order chi connectivity index (χ1) is 11.1. The highest BCUT2D eigenvalue weighted by atomic mass is 16.3. The normalized spacial score (nSPS) is 10.1. The van der Waals surface area contributed by atoms with E-state index in [2.05, 4.69) is 10.6 Å². The molecule has 0 aliphatic heterocycles. The fraction of sp³-hybridized carbons (Fsp3) is 0.188. The van der Waals surface area contributed by atoms with E-state index in [1.165, 1.54) is 6.26 Å². The number of nitrogens with one attached hydrogen (secondary N) is 2. The summed E-state index contributed by atoms with van der Waals surface area (Å²) in [6.07, 6.45) is 2.07.